The van der Waals surface area contributed by atoms with Gasteiger partial charge in [0, 0.05) is 40.3 Å². The molecule has 7 nitrogen and oxygen atoms in total. The Hall–Kier alpha value is -0.420. The van der Waals surface area contributed by atoms with Crippen molar-refractivity contribution in [1.29, 1.82) is 0 Å². The van der Waals surface area contributed by atoms with Crippen LogP contribution in [-0.4, -0.2) is 82.9 Å². The SMILES string of the molecule is CN(C)S(=O)(=O)CCCN1CCN(S(=O)(=O)c2cccc(Cl)c2Cl)CC1. The number of hydrogen-bond acceptors (Lipinski definition) is 5. The van der Waals surface area contributed by atoms with Gasteiger partial charge in [-0.05, 0) is 25.1 Å². The maximum absolute atomic E-state index is 12.8. The second kappa shape index (κ2) is 8.72. The molecule has 0 unspecified atom stereocenters. The van der Waals surface area contributed by atoms with Crippen LogP contribution in [0.15, 0.2) is 23.1 Å². The highest BCUT2D eigenvalue weighted by molar-refractivity contribution is 7.89. The molecule has 0 aromatic heterocycles. The van der Waals surface area contributed by atoms with Crippen LogP contribution in [-0.2, 0) is 20.0 Å². The number of nitrogens with zero attached hydrogens (tertiary/aromatic N) is 3. The number of rotatable bonds is 7. The lowest BCUT2D eigenvalue weighted by molar-refractivity contribution is 0.189. The van der Waals surface area contributed by atoms with Crippen LogP contribution in [0.2, 0.25) is 10.0 Å². The van der Waals surface area contributed by atoms with Gasteiger partial charge in [0.2, 0.25) is 20.0 Å². The zero-order chi connectivity index (χ0) is 19.5. The van der Waals surface area contributed by atoms with E-state index in [4.69, 9.17) is 23.2 Å². The first-order valence-corrected chi connectivity index (χ1v) is 11.9. The Morgan fingerprint density at radius 3 is 2.23 bits per heavy atom. The van der Waals surface area contributed by atoms with Gasteiger partial charge >= 0.3 is 0 Å². The molecule has 1 fully saturated rings. The predicted octanol–water partition coefficient (Wildman–Crippen LogP) is 1.58. The van der Waals surface area contributed by atoms with Crippen molar-refractivity contribution in [3.8, 4) is 0 Å². The van der Waals surface area contributed by atoms with Gasteiger partial charge < -0.3 is 4.90 Å². The van der Waals surface area contributed by atoms with Crippen LogP contribution in [0, 0.1) is 0 Å². The first kappa shape index (κ1) is 21.9. The summed E-state index contributed by atoms with van der Waals surface area (Å²) in [5.41, 5.74) is 0. The fourth-order valence-corrected chi connectivity index (χ4v) is 5.69. The van der Waals surface area contributed by atoms with Crippen molar-refractivity contribution < 1.29 is 16.8 Å². The minimum absolute atomic E-state index is 0.0113. The van der Waals surface area contributed by atoms with Crippen LogP contribution in [0.4, 0.5) is 0 Å². The summed E-state index contributed by atoms with van der Waals surface area (Å²) in [5, 5.41) is 0.235. The number of halogens is 2. The third kappa shape index (κ3) is 5.09. The second-order valence-corrected chi connectivity index (χ2v) is 11.2. The van der Waals surface area contributed by atoms with E-state index < -0.39 is 20.0 Å². The molecule has 0 aliphatic carbocycles. The molecule has 1 aromatic rings. The normalized spacial score (nSPS) is 17.7. The van der Waals surface area contributed by atoms with Gasteiger partial charge in [-0.1, -0.05) is 29.3 Å². The highest BCUT2D eigenvalue weighted by Gasteiger charge is 2.30. The smallest absolute Gasteiger partial charge is 0.244 e. The highest BCUT2D eigenvalue weighted by atomic mass is 35.5. The molecule has 1 aromatic carbocycles. The first-order chi connectivity index (χ1) is 12.1. The summed E-state index contributed by atoms with van der Waals surface area (Å²) in [6, 6.07) is 4.55. The quantitative estimate of drug-likeness (QED) is 0.638. The molecule has 26 heavy (non-hydrogen) atoms. The van der Waals surface area contributed by atoms with Gasteiger partial charge in [-0.3, -0.25) is 0 Å². The Kier molecular flexibility index (Phi) is 7.34. The lowest BCUT2D eigenvalue weighted by Gasteiger charge is -2.34. The standard InChI is InChI=1S/C15H23Cl2N3O4S2/c1-18(2)25(21,22)12-4-7-19-8-10-20(11-9-19)26(23,24)14-6-3-5-13(16)15(14)17/h3,5-6H,4,7-12H2,1-2H3. The highest BCUT2D eigenvalue weighted by Crippen LogP contribution is 2.31. The lowest BCUT2D eigenvalue weighted by atomic mass is 10.3. The summed E-state index contributed by atoms with van der Waals surface area (Å²) in [4.78, 5) is 2.08. The van der Waals surface area contributed by atoms with Gasteiger partial charge in [-0.15, -0.1) is 0 Å². The number of sulfonamides is 2. The van der Waals surface area contributed by atoms with Gasteiger partial charge in [-0.25, -0.2) is 21.1 Å². The maximum Gasteiger partial charge on any atom is 0.244 e. The molecular formula is C15H23Cl2N3O4S2. The van der Waals surface area contributed by atoms with Crippen molar-refractivity contribution in [2.24, 2.45) is 0 Å². The van der Waals surface area contributed by atoms with Gasteiger partial charge in [0.25, 0.3) is 0 Å². The molecule has 1 aliphatic rings. The first-order valence-electron chi connectivity index (χ1n) is 8.12. The molecule has 1 saturated heterocycles. The minimum atomic E-state index is -3.71. The Labute approximate surface area is 165 Å². The molecule has 148 valence electrons. The van der Waals surface area contributed by atoms with Crippen molar-refractivity contribution in [2.45, 2.75) is 11.3 Å². The van der Waals surface area contributed by atoms with Crippen LogP contribution < -0.4 is 0 Å². The van der Waals surface area contributed by atoms with Gasteiger partial charge in [0.05, 0.1) is 15.8 Å². The zero-order valence-corrected chi connectivity index (χ0v) is 17.9. The molecular weight excluding hydrogens is 421 g/mol. The number of piperazine rings is 1. The topological polar surface area (TPSA) is 78.0 Å². The summed E-state index contributed by atoms with van der Waals surface area (Å²) >= 11 is 12.0. The van der Waals surface area contributed by atoms with E-state index in [2.05, 4.69) is 4.90 Å². The molecule has 1 aliphatic heterocycles. The van der Waals surface area contributed by atoms with Crippen molar-refractivity contribution in [3.05, 3.63) is 28.2 Å². The average Bonchev–Trinajstić information content (AvgIpc) is 2.57. The molecule has 11 heteroatoms. The third-order valence-electron chi connectivity index (χ3n) is 4.30. The molecule has 2 rings (SSSR count). The van der Waals surface area contributed by atoms with Gasteiger partial charge in [-0.2, -0.15) is 4.31 Å². The van der Waals surface area contributed by atoms with Crippen molar-refractivity contribution in [2.75, 3.05) is 52.6 Å². The largest absolute Gasteiger partial charge is 0.301 e. The van der Waals surface area contributed by atoms with Crippen molar-refractivity contribution in [1.82, 2.24) is 13.5 Å². The molecule has 0 atom stereocenters. The Morgan fingerprint density at radius 2 is 1.65 bits per heavy atom. The van der Waals surface area contributed by atoms with Gasteiger partial charge in [0.15, 0.2) is 0 Å². The predicted molar refractivity (Wildman–Crippen MR) is 104 cm³/mol. The fraction of sp³-hybridized carbons (Fsp3) is 0.600. The molecule has 0 N–H and O–H groups in total. The van der Waals surface area contributed by atoms with Crippen LogP contribution in [0.3, 0.4) is 0 Å². The Morgan fingerprint density at radius 1 is 1.04 bits per heavy atom. The number of benzene rings is 1. The van der Waals surface area contributed by atoms with E-state index in [-0.39, 0.29) is 20.7 Å². The maximum atomic E-state index is 12.8. The monoisotopic (exact) mass is 443 g/mol. The van der Waals surface area contributed by atoms with E-state index in [9.17, 15) is 16.8 Å². The lowest BCUT2D eigenvalue weighted by Crippen LogP contribution is -2.49. The molecule has 0 amide bonds. The summed E-state index contributed by atoms with van der Waals surface area (Å²) in [6.07, 6.45) is 0.507. The van der Waals surface area contributed by atoms with E-state index in [0.29, 0.717) is 39.1 Å². The molecule has 0 saturated carbocycles. The summed E-state index contributed by atoms with van der Waals surface area (Å²) in [6.45, 7) is 2.34. The summed E-state index contributed by atoms with van der Waals surface area (Å²) < 4.78 is 51.7. The van der Waals surface area contributed by atoms with Gasteiger partial charge in [0.1, 0.15) is 4.90 Å². The Balaban J connectivity index is 1.93. The van der Waals surface area contributed by atoms with E-state index in [1.165, 1.54) is 28.8 Å². The average molecular weight is 444 g/mol. The van der Waals surface area contributed by atoms with E-state index >= 15 is 0 Å². The third-order valence-corrected chi connectivity index (χ3v) is 9.09. The summed E-state index contributed by atoms with van der Waals surface area (Å²) in [7, 11) is -3.88. The van der Waals surface area contributed by atoms with Crippen LogP contribution in [0.5, 0.6) is 0 Å². The zero-order valence-electron chi connectivity index (χ0n) is 14.7. The second-order valence-electron chi connectivity index (χ2n) is 6.25. The van der Waals surface area contributed by atoms with E-state index in [1.807, 2.05) is 0 Å². The summed E-state index contributed by atoms with van der Waals surface area (Å²) in [5.74, 6) is 0.0800. The Bertz CT molecular complexity index is 836. The van der Waals surface area contributed by atoms with Crippen LogP contribution >= 0.6 is 23.2 Å². The van der Waals surface area contributed by atoms with Crippen LogP contribution in [0.1, 0.15) is 6.42 Å². The fourth-order valence-electron chi connectivity index (χ4n) is 2.67. The molecule has 0 spiro atoms. The molecule has 0 bridgehead atoms. The molecule has 0 radical (unpaired) electrons. The van der Waals surface area contributed by atoms with E-state index in [0.717, 1.165) is 0 Å². The minimum Gasteiger partial charge on any atom is -0.301 e. The van der Waals surface area contributed by atoms with Crippen molar-refractivity contribution >= 4 is 43.2 Å². The van der Waals surface area contributed by atoms with Crippen LogP contribution in [0.25, 0.3) is 0 Å². The van der Waals surface area contributed by atoms with Crippen molar-refractivity contribution in [3.63, 3.8) is 0 Å². The number of hydrogen-bond donors (Lipinski definition) is 0. The van der Waals surface area contributed by atoms with E-state index in [1.54, 1.807) is 12.1 Å². The molecule has 1 heterocycles.